The van der Waals surface area contributed by atoms with Crippen molar-refractivity contribution in [3.8, 4) is 11.5 Å². The summed E-state index contributed by atoms with van der Waals surface area (Å²) in [5.74, 6) is -2.89. The van der Waals surface area contributed by atoms with Gasteiger partial charge in [-0.15, -0.1) is 0 Å². The molecule has 13 nitrogen and oxygen atoms in total. The van der Waals surface area contributed by atoms with Crippen LogP contribution in [0.15, 0.2) is 42.5 Å². The first-order valence-electron chi connectivity index (χ1n) is 19.6. The molecule has 4 aliphatic carbocycles. The molecular weight excluding hydrogens is 724 g/mol. The average molecular weight is 781 g/mol. The van der Waals surface area contributed by atoms with Gasteiger partial charge in [0.2, 0.25) is 5.60 Å². The van der Waals surface area contributed by atoms with Gasteiger partial charge in [0, 0.05) is 31.1 Å². The van der Waals surface area contributed by atoms with Crippen molar-refractivity contribution >= 4 is 23.9 Å². The van der Waals surface area contributed by atoms with E-state index in [1.807, 2.05) is 19.9 Å². The van der Waals surface area contributed by atoms with Gasteiger partial charge in [0.1, 0.15) is 35.4 Å². The molecule has 0 radical (unpaired) electrons. The van der Waals surface area contributed by atoms with E-state index >= 15 is 0 Å². The van der Waals surface area contributed by atoms with E-state index in [0.717, 1.165) is 0 Å². The van der Waals surface area contributed by atoms with Gasteiger partial charge in [-0.05, 0) is 80.4 Å². The molecule has 2 heterocycles. The predicted molar refractivity (Wildman–Crippen MR) is 200 cm³/mol. The number of carbonyl (C=O) groups is 4. The fourth-order valence-electron chi connectivity index (χ4n) is 13.0. The maximum atomic E-state index is 14.0. The number of epoxide rings is 1. The SMILES string of the molecule is C=C1C[C@@]2(O)C3CC[C@]4(C)C(CC[C@@]5(C(C)OC(=O)c6c(OC)cccc6OC)COCC=C[C@H]54)[C@@]3(C)[C@H](OC(C)=O)[C@H](OC(C)=O)[C@@]2(C)[C@]2(C(=O)OC)O[C@H]12. The maximum Gasteiger partial charge on any atom is 0.346 e. The second-order valence-corrected chi connectivity index (χ2v) is 17.5. The molecular formula is C43H56O13. The highest BCUT2D eigenvalue weighted by Gasteiger charge is 2.90. The van der Waals surface area contributed by atoms with Gasteiger partial charge in [0.15, 0.2) is 6.10 Å². The summed E-state index contributed by atoms with van der Waals surface area (Å²) in [6.45, 7) is 15.4. The largest absolute Gasteiger partial charge is 0.496 e. The van der Waals surface area contributed by atoms with E-state index in [9.17, 15) is 24.3 Å². The zero-order chi connectivity index (χ0) is 40.8. The van der Waals surface area contributed by atoms with Crippen LogP contribution in [0, 0.1) is 39.4 Å². The van der Waals surface area contributed by atoms with Crippen molar-refractivity contribution in [3.63, 3.8) is 0 Å². The Morgan fingerprint density at radius 1 is 0.929 bits per heavy atom. The number of carbonyl (C=O) groups excluding carboxylic acids is 4. The number of ether oxygens (including phenoxy) is 8. The van der Waals surface area contributed by atoms with Crippen molar-refractivity contribution in [1.82, 2.24) is 0 Å². The molecule has 4 saturated carbocycles. The smallest absolute Gasteiger partial charge is 0.346 e. The Kier molecular flexibility index (Phi) is 9.77. The zero-order valence-electron chi connectivity index (χ0n) is 33.9. The van der Waals surface area contributed by atoms with E-state index < -0.39 is 87.1 Å². The third-order valence-electron chi connectivity index (χ3n) is 15.4. The summed E-state index contributed by atoms with van der Waals surface area (Å²) in [6.07, 6.45) is 2.68. The Labute approximate surface area is 328 Å². The van der Waals surface area contributed by atoms with Crippen LogP contribution < -0.4 is 9.47 Å². The topological polar surface area (TPSA) is 166 Å². The average Bonchev–Trinajstić information content (AvgIpc) is 3.96. The first kappa shape index (κ1) is 40.3. The molecule has 13 atom stereocenters. The van der Waals surface area contributed by atoms with Crippen LogP contribution in [0.2, 0.25) is 0 Å². The second-order valence-electron chi connectivity index (χ2n) is 17.5. The van der Waals surface area contributed by atoms with E-state index in [4.69, 9.17) is 37.9 Å². The highest BCUT2D eigenvalue weighted by Crippen LogP contribution is 2.78. The van der Waals surface area contributed by atoms with Crippen molar-refractivity contribution in [2.45, 2.75) is 109 Å². The minimum Gasteiger partial charge on any atom is -0.496 e. The molecule has 0 bridgehead atoms. The molecule has 6 aliphatic rings. The molecule has 0 spiro atoms. The van der Waals surface area contributed by atoms with Gasteiger partial charge in [0.25, 0.3) is 0 Å². The number of esters is 4. The molecule has 1 aromatic rings. The third-order valence-corrected chi connectivity index (χ3v) is 15.4. The monoisotopic (exact) mass is 780 g/mol. The molecule has 306 valence electrons. The predicted octanol–water partition coefficient (Wildman–Crippen LogP) is 5.16. The van der Waals surface area contributed by atoms with Crippen LogP contribution in [0.5, 0.6) is 11.5 Å². The first-order chi connectivity index (χ1) is 26.4. The number of hydrogen-bond acceptors (Lipinski definition) is 13. The van der Waals surface area contributed by atoms with E-state index in [0.29, 0.717) is 56.0 Å². The molecule has 1 saturated heterocycles. The quantitative estimate of drug-likeness (QED) is 0.159. The van der Waals surface area contributed by atoms with Crippen LogP contribution in [0.25, 0.3) is 0 Å². The Morgan fingerprint density at radius 2 is 1.55 bits per heavy atom. The Balaban J connectivity index is 1.35. The normalized spacial score (nSPS) is 42.4. The lowest BCUT2D eigenvalue weighted by Gasteiger charge is -2.73. The summed E-state index contributed by atoms with van der Waals surface area (Å²) in [5.41, 5.74) is -6.51. The van der Waals surface area contributed by atoms with E-state index in [-0.39, 0.29) is 23.8 Å². The molecule has 2 aliphatic heterocycles. The number of hydrogen-bond donors (Lipinski definition) is 1. The number of rotatable bonds is 8. The number of benzene rings is 1. The van der Waals surface area contributed by atoms with Crippen LogP contribution in [-0.2, 0) is 42.8 Å². The zero-order valence-corrected chi connectivity index (χ0v) is 33.9. The van der Waals surface area contributed by atoms with Gasteiger partial charge in [-0.3, -0.25) is 9.59 Å². The lowest BCUT2D eigenvalue weighted by Crippen LogP contribution is -2.82. The maximum absolute atomic E-state index is 14.0. The Bertz CT molecular complexity index is 1840. The third kappa shape index (κ3) is 5.14. The fraction of sp³-hybridized carbons (Fsp3) is 0.674. The molecule has 7 rings (SSSR count). The highest BCUT2D eigenvalue weighted by molar-refractivity contribution is 5.95. The summed E-state index contributed by atoms with van der Waals surface area (Å²) in [5, 5.41) is 13.5. The van der Waals surface area contributed by atoms with Crippen LogP contribution in [0.3, 0.4) is 0 Å². The number of methoxy groups -OCH3 is 3. The Hall–Kier alpha value is -3.94. The van der Waals surface area contributed by atoms with E-state index in [1.54, 1.807) is 25.1 Å². The van der Waals surface area contributed by atoms with Gasteiger partial charge >= 0.3 is 23.9 Å². The summed E-state index contributed by atoms with van der Waals surface area (Å²) in [6, 6.07) is 5.11. The van der Waals surface area contributed by atoms with Gasteiger partial charge in [-0.2, -0.15) is 0 Å². The molecule has 1 aromatic carbocycles. The van der Waals surface area contributed by atoms with Gasteiger partial charge in [0.05, 0.1) is 45.6 Å². The molecule has 1 N–H and O–H groups in total. The molecule has 3 unspecified atom stereocenters. The van der Waals surface area contributed by atoms with Gasteiger partial charge < -0.3 is 43.0 Å². The lowest BCUT2D eigenvalue weighted by atomic mass is 9.32. The summed E-state index contributed by atoms with van der Waals surface area (Å²) in [4.78, 5) is 54.2. The molecule has 0 aromatic heterocycles. The lowest BCUT2D eigenvalue weighted by molar-refractivity contribution is -0.336. The second kappa shape index (κ2) is 13.6. The minimum absolute atomic E-state index is 0.0850. The fourth-order valence-corrected chi connectivity index (χ4v) is 13.0. The number of allylic oxidation sites excluding steroid dienone is 1. The van der Waals surface area contributed by atoms with Crippen molar-refractivity contribution in [1.29, 1.82) is 0 Å². The summed E-state index contributed by atoms with van der Waals surface area (Å²) < 4.78 is 47.9. The van der Waals surface area contributed by atoms with Crippen molar-refractivity contribution < 1.29 is 62.2 Å². The number of aliphatic hydroxyl groups is 1. The molecule has 56 heavy (non-hydrogen) atoms. The molecule has 0 amide bonds. The molecule has 13 heteroatoms. The van der Waals surface area contributed by atoms with Crippen LogP contribution in [-0.4, -0.2) is 99.1 Å². The van der Waals surface area contributed by atoms with Crippen LogP contribution in [0.4, 0.5) is 0 Å². The van der Waals surface area contributed by atoms with Crippen molar-refractivity contribution in [2.24, 2.45) is 39.4 Å². The minimum atomic E-state index is -1.72. The summed E-state index contributed by atoms with van der Waals surface area (Å²) in [7, 11) is 4.23. The van der Waals surface area contributed by atoms with Gasteiger partial charge in [-0.25, -0.2) is 9.59 Å². The van der Waals surface area contributed by atoms with Crippen LogP contribution >= 0.6 is 0 Å². The molecule has 5 fully saturated rings. The first-order valence-corrected chi connectivity index (χ1v) is 19.6. The highest BCUT2D eigenvalue weighted by atomic mass is 16.7. The van der Waals surface area contributed by atoms with Crippen LogP contribution in [0.1, 0.15) is 84.0 Å². The van der Waals surface area contributed by atoms with Crippen molar-refractivity contribution in [2.75, 3.05) is 34.5 Å². The van der Waals surface area contributed by atoms with E-state index in [1.165, 1.54) is 35.2 Å². The van der Waals surface area contributed by atoms with E-state index in [2.05, 4.69) is 19.6 Å². The Morgan fingerprint density at radius 3 is 2.16 bits per heavy atom. The number of fused-ring (bicyclic) bond motifs is 9. The van der Waals surface area contributed by atoms with Gasteiger partial charge in [-0.1, -0.05) is 38.6 Å². The standard InChI is InChI=1S/C43H56O13/c1-23-21-42(48)31-16-18-38(5)29(39(31,6)34(54-25(3)44)35(55-26(4)45)40(42,7)43(33(23)56-43)37(47)51-10)17-19-41(22-52-20-12-15-30(38)41)24(2)53-36(46)32-27(49-8)13-11-14-28(32)50-9/h11-15,24,29-31,33-35,48H,1,16-22H2,2-10H3/t24?,29?,30-,31?,33+,34+,35-,38+,39+,40+,41-,42+,43-/m0/s1. The summed E-state index contributed by atoms with van der Waals surface area (Å²) >= 11 is 0. The van der Waals surface area contributed by atoms with Crippen molar-refractivity contribution in [3.05, 3.63) is 48.1 Å².